The van der Waals surface area contributed by atoms with E-state index < -0.39 is 41.5 Å². The Morgan fingerprint density at radius 2 is 2.09 bits per heavy atom. The van der Waals surface area contributed by atoms with E-state index >= 15 is 0 Å². The third-order valence-electron chi connectivity index (χ3n) is 3.56. The quantitative estimate of drug-likeness (QED) is 0.803. The Balaban J connectivity index is 2.48. The van der Waals surface area contributed by atoms with E-state index in [0.29, 0.717) is 0 Å². The van der Waals surface area contributed by atoms with Gasteiger partial charge < -0.3 is 0 Å². The van der Waals surface area contributed by atoms with Crippen molar-refractivity contribution in [2.45, 2.75) is 44.8 Å². The summed E-state index contributed by atoms with van der Waals surface area (Å²) in [5, 5.41) is 12.0. The lowest BCUT2D eigenvalue weighted by Gasteiger charge is -2.22. The van der Waals surface area contributed by atoms with Crippen molar-refractivity contribution in [2.75, 3.05) is 0 Å². The number of carbonyl (C=O) groups is 1. The Labute approximate surface area is 122 Å². The minimum absolute atomic E-state index is 0.0357. The van der Waals surface area contributed by atoms with Crippen LogP contribution in [0, 0.1) is 17.2 Å². The summed E-state index contributed by atoms with van der Waals surface area (Å²) >= 11 is 0. The van der Waals surface area contributed by atoms with Crippen molar-refractivity contribution in [3.63, 3.8) is 0 Å². The molecule has 0 saturated carbocycles. The smallest absolute Gasteiger partial charge is 0.287 e. The Kier molecular flexibility index (Phi) is 3.98. The number of hydrogen-bond donors (Lipinski definition) is 0. The van der Waals surface area contributed by atoms with Gasteiger partial charge in [0.2, 0.25) is 5.78 Å². The number of aromatic nitrogens is 2. The van der Waals surface area contributed by atoms with Gasteiger partial charge in [0.1, 0.15) is 0 Å². The van der Waals surface area contributed by atoms with Crippen LogP contribution in [0.5, 0.6) is 0 Å². The monoisotopic (exact) mass is 321 g/mol. The van der Waals surface area contributed by atoms with Gasteiger partial charge in [-0.1, -0.05) is 0 Å². The second-order valence-electron chi connectivity index (χ2n) is 5.24. The number of hydrogen-bond acceptors (Lipinski definition) is 3. The van der Waals surface area contributed by atoms with E-state index in [1.807, 2.05) is 6.07 Å². The van der Waals surface area contributed by atoms with Crippen molar-refractivity contribution in [3.05, 3.63) is 17.0 Å². The average molecular weight is 321 g/mol. The molecule has 0 amide bonds. The summed E-state index contributed by atoms with van der Waals surface area (Å²) in [5.74, 6) is -6.06. The Hall–Kier alpha value is -1.98. The summed E-state index contributed by atoms with van der Waals surface area (Å²) in [6.07, 6.45) is -5.97. The number of rotatable bonds is 3. The summed E-state index contributed by atoms with van der Waals surface area (Å²) in [7, 11) is 0. The molecule has 4 nitrogen and oxygen atoms in total. The Morgan fingerprint density at radius 1 is 1.45 bits per heavy atom. The second kappa shape index (κ2) is 5.34. The minimum Gasteiger partial charge on any atom is -0.287 e. The Bertz CT molecular complexity index is 641. The highest BCUT2D eigenvalue weighted by Gasteiger charge is 2.51. The number of ketones is 1. The van der Waals surface area contributed by atoms with Crippen LogP contribution in [-0.2, 0) is 19.1 Å². The lowest BCUT2D eigenvalue weighted by atomic mass is 9.91. The lowest BCUT2D eigenvalue weighted by molar-refractivity contribution is -0.142. The van der Waals surface area contributed by atoms with E-state index in [1.165, 1.54) is 0 Å². The fraction of sp³-hybridized carbons (Fsp3) is 0.615. The van der Waals surface area contributed by atoms with Gasteiger partial charge in [-0.2, -0.15) is 32.3 Å². The molecule has 1 heterocycles. The van der Waals surface area contributed by atoms with Gasteiger partial charge in [-0.25, -0.2) is 0 Å². The standard InChI is InChI=1S/C13H12F5N3O/c1-7(6-19)3-5-21-8-2-4-12(14,15)11(22)9(8)10(20-21)13(16,17)18/h7H,2-5H2,1H3/t7-/m1/s1. The molecule has 22 heavy (non-hydrogen) atoms. The molecular weight excluding hydrogens is 309 g/mol. The fourth-order valence-corrected chi connectivity index (χ4v) is 2.33. The fourth-order valence-electron chi connectivity index (χ4n) is 2.33. The molecule has 0 saturated heterocycles. The van der Waals surface area contributed by atoms with Crippen LogP contribution >= 0.6 is 0 Å². The number of halogens is 5. The topological polar surface area (TPSA) is 58.7 Å². The molecular formula is C13H12F5N3O. The molecule has 0 N–H and O–H groups in total. The molecule has 2 rings (SSSR count). The summed E-state index contributed by atoms with van der Waals surface area (Å²) in [6.45, 7) is 1.55. The van der Waals surface area contributed by atoms with Crippen LogP contribution in [0.2, 0.25) is 0 Å². The molecule has 1 aromatic heterocycles. The number of nitrogens with zero attached hydrogens (tertiary/aromatic N) is 3. The first-order valence-corrected chi connectivity index (χ1v) is 6.57. The zero-order chi connectivity index (χ0) is 16.7. The average Bonchev–Trinajstić information content (AvgIpc) is 2.79. The zero-order valence-corrected chi connectivity index (χ0v) is 11.5. The maximum atomic E-state index is 13.4. The number of aryl methyl sites for hydroxylation is 1. The van der Waals surface area contributed by atoms with Gasteiger partial charge in [0.15, 0.2) is 5.69 Å². The van der Waals surface area contributed by atoms with Gasteiger partial charge in [0.25, 0.3) is 0 Å². The van der Waals surface area contributed by atoms with Crippen LogP contribution in [0.25, 0.3) is 0 Å². The van der Waals surface area contributed by atoms with Gasteiger partial charge in [0.05, 0.1) is 17.3 Å². The van der Waals surface area contributed by atoms with Crippen LogP contribution in [-0.4, -0.2) is 21.5 Å². The van der Waals surface area contributed by atoms with Crippen LogP contribution in [0.4, 0.5) is 22.0 Å². The predicted molar refractivity (Wildman–Crippen MR) is 64.2 cm³/mol. The van der Waals surface area contributed by atoms with Crippen LogP contribution in [0.1, 0.15) is 41.5 Å². The van der Waals surface area contributed by atoms with Crippen molar-refractivity contribution in [1.29, 1.82) is 5.26 Å². The van der Waals surface area contributed by atoms with Crippen LogP contribution in [0.3, 0.4) is 0 Å². The van der Waals surface area contributed by atoms with Gasteiger partial charge in [0, 0.05) is 18.9 Å². The molecule has 0 fully saturated rings. The number of fused-ring (bicyclic) bond motifs is 1. The second-order valence-corrected chi connectivity index (χ2v) is 5.24. The third-order valence-corrected chi connectivity index (χ3v) is 3.56. The molecule has 0 unspecified atom stereocenters. The van der Waals surface area contributed by atoms with Gasteiger partial charge in [-0.3, -0.25) is 9.48 Å². The Morgan fingerprint density at radius 3 is 2.64 bits per heavy atom. The maximum absolute atomic E-state index is 13.4. The van der Waals surface area contributed by atoms with Crippen LogP contribution < -0.4 is 0 Å². The molecule has 120 valence electrons. The molecule has 1 aromatic rings. The van der Waals surface area contributed by atoms with Crippen molar-refractivity contribution in [3.8, 4) is 6.07 Å². The normalized spacial score (nSPS) is 18.7. The molecule has 1 aliphatic carbocycles. The lowest BCUT2D eigenvalue weighted by Crippen LogP contribution is -2.35. The SMILES string of the molecule is C[C@@H](C#N)CCn1nc(C(F)(F)F)c2c1CCC(F)(F)C2=O. The van der Waals surface area contributed by atoms with Crippen molar-refractivity contribution in [1.82, 2.24) is 9.78 Å². The summed E-state index contributed by atoms with van der Waals surface area (Å²) in [4.78, 5) is 11.7. The molecule has 9 heteroatoms. The molecule has 0 bridgehead atoms. The van der Waals surface area contributed by atoms with Gasteiger partial charge in [-0.05, 0) is 19.8 Å². The van der Waals surface area contributed by atoms with Gasteiger partial charge >= 0.3 is 12.1 Å². The predicted octanol–water partition coefficient (Wildman–Crippen LogP) is 3.22. The van der Waals surface area contributed by atoms with E-state index in [2.05, 4.69) is 5.10 Å². The molecule has 1 atom stereocenters. The largest absolute Gasteiger partial charge is 0.435 e. The van der Waals surface area contributed by atoms with E-state index in [4.69, 9.17) is 5.26 Å². The first-order valence-electron chi connectivity index (χ1n) is 6.57. The van der Waals surface area contributed by atoms with Crippen molar-refractivity contribution >= 4 is 5.78 Å². The van der Waals surface area contributed by atoms with Gasteiger partial charge in [-0.15, -0.1) is 0 Å². The van der Waals surface area contributed by atoms with E-state index in [-0.39, 0.29) is 25.1 Å². The first kappa shape index (κ1) is 16.4. The van der Waals surface area contributed by atoms with Crippen LogP contribution in [0.15, 0.2) is 0 Å². The summed E-state index contributed by atoms with van der Waals surface area (Å²) in [5.41, 5.74) is -2.74. The number of nitriles is 1. The van der Waals surface area contributed by atoms with E-state index in [0.717, 1.165) is 4.68 Å². The third kappa shape index (κ3) is 2.82. The van der Waals surface area contributed by atoms with Crippen molar-refractivity contribution < 1.29 is 26.7 Å². The molecule has 0 aromatic carbocycles. The molecule has 0 spiro atoms. The van der Waals surface area contributed by atoms with Crippen molar-refractivity contribution in [2.24, 2.45) is 5.92 Å². The molecule has 1 aliphatic rings. The minimum atomic E-state index is -4.99. The number of Topliss-reactive ketones (excluding diaryl/α,β-unsaturated/α-hetero) is 1. The summed E-state index contributed by atoms with van der Waals surface area (Å²) < 4.78 is 66.6. The maximum Gasteiger partial charge on any atom is 0.435 e. The van der Waals surface area contributed by atoms with E-state index in [9.17, 15) is 26.7 Å². The highest BCUT2D eigenvalue weighted by Crippen LogP contribution is 2.40. The molecule has 0 aliphatic heterocycles. The first-order chi connectivity index (χ1) is 10.1. The number of alkyl halides is 5. The molecule has 0 radical (unpaired) electrons. The number of carbonyl (C=O) groups excluding carboxylic acids is 1. The highest BCUT2D eigenvalue weighted by atomic mass is 19.4. The highest BCUT2D eigenvalue weighted by molar-refractivity contribution is 6.04. The van der Waals surface area contributed by atoms with E-state index in [1.54, 1.807) is 6.92 Å². The zero-order valence-electron chi connectivity index (χ0n) is 11.5. The summed E-state index contributed by atoms with van der Waals surface area (Å²) in [6, 6.07) is 1.92.